The Balaban J connectivity index is 2.90. The average molecular weight is 236 g/mol. The lowest BCUT2D eigenvalue weighted by Gasteiger charge is -2.10. The first-order valence-corrected chi connectivity index (χ1v) is 5.01. The number of hydrogen-bond donors (Lipinski definition) is 4. The zero-order chi connectivity index (χ0) is 12.7. The van der Waals surface area contributed by atoms with Crippen molar-refractivity contribution in [1.29, 1.82) is 5.53 Å². The van der Waals surface area contributed by atoms with Crippen LogP contribution >= 0.6 is 0 Å². The number of hydrogen-bond acceptors (Lipinski definition) is 6. The lowest BCUT2D eigenvalue weighted by molar-refractivity contribution is 0.211. The maximum atomic E-state index is 6.93. The summed E-state index contributed by atoms with van der Waals surface area (Å²) < 4.78 is 4.93. The van der Waals surface area contributed by atoms with E-state index in [-0.39, 0.29) is 5.84 Å². The predicted octanol–water partition coefficient (Wildman–Crippen LogP) is 0.978. The molecular weight excluding hydrogens is 220 g/mol. The van der Waals surface area contributed by atoms with Gasteiger partial charge in [-0.05, 0) is 18.2 Å². The fourth-order valence-corrected chi connectivity index (χ4v) is 1.30. The van der Waals surface area contributed by atoms with Crippen LogP contribution in [0.15, 0.2) is 28.4 Å². The molecule has 1 rings (SSSR count). The molecule has 6 N–H and O–H groups in total. The molecule has 0 aliphatic heterocycles. The van der Waals surface area contributed by atoms with Gasteiger partial charge in [-0.15, -0.1) is 5.11 Å². The first-order chi connectivity index (χ1) is 8.22. The van der Waals surface area contributed by atoms with Gasteiger partial charge < -0.3 is 21.6 Å². The number of anilines is 2. The van der Waals surface area contributed by atoms with Crippen molar-refractivity contribution in [2.75, 3.05) is 31.3 Å². The zero-order valence-electron chi connectivity index (χ0n) is 9.60. The predicted molar refractivity (Wildman–Crippen MR) is 67.1 cm³/mol. The number of benzene rings is 1. The number of nitrogens with two attached hydrogens (primary N) is 2. The van der Waals surface area contributed by atoms with Gasteiger partial charge in [0, 0.05) is 19.2 Å². The van der Waals surface area contributed by atoms with Gasteiger partial charge in [0.1, 0.15) is 0 Å². The van der Waals surface area contributed by atoms with Crippen molar-refractivity contribution in [3.05, 3.63) is 23.8 Å². The molecule has 0 aliphatic rings. The van der Waals surface area contributed by atoms with E-state index in [1.807, 2.05) is 0 Å². The molecule has 0 saturated carbocycles. The van der Waals surface area contributed by atoms with Crippen LogP contribution in [-0.2, 0) is 4.74 Å². The number of nitrogens with one attached hydrogen (secondary N) is 2. The normalized spacial score (nSPS) is 11.2. The number of nitrogens with zero attached hydrogens (tertiary/aromatic N) is 2. The molecule has 1 aromatic rings. The van der Waals surface area contributed by atoms with Crippen LogP contribution in [0.4, 0.5) is 11.4 Å². The van der Waals surface area contributed by atoms with Crippen molar-refractivity contribution in [1.82, 2.24) is 0 Å². The summed E-state index contributed by atoms with van der Waals surface area (Å²) in [6, 6.07) is 5.16. The standard InChI is InChI=1S/C10H16N6O/c1-17-5-4-14-9-6-7(2-3-8(9)11)10(15-12)16-13/h2-3,6,12,14H,4-5,11,13H2,1H3. The molecule has 0 saturated heterocycles. The second kappa shape index (κ2) is 6.44. The number of amidine groups is 1. The Hall–Kier alpha value is -2.15. The summed E-state index contributed by atoms with van der Waals surface area (Å²) in [4.78, 5) is 0. The van der Waals surface area contributed by atoms with Gasteiger partial charge in [-0.2, -0.15) is 5.10 Å². The molecule has 0 fully saturated rings. The van der Waals surface area contributed by atoms with Crippen LogP contribution in [0.2, 0.25) is 0 Å². The third-order valence-electron chi connectivity index (χ3n) is 2.16. The molecule has 0 heterocycles. The van der Waals surface area contributed by atoms with E-state index in [0.29, 0.717) is 24.4 Å². The van der Waals surface area contributed by atoms with Gasteiger partial charge in [-0.1, -0.05) is 0 Å². The van der Waals surface area contributed by atoms with Gasteiger partial charge >= 0.3 is 0 Å². The lowest BCUT2D eigenvalue weighted by Crippen LogP contribution is -2.10. The number of nitrogen functional groups attached to an aromatic ring is 1. The van der Waals surface area contributed by atoms with Crippen molar-refractivity contribution in [3.63, 3.8) is 0 Å². The van der Waals surface area contributed by atoms with Crippen LogP contribution < -0.4 is 16.9 Å². The number of hydrazone groups is 1. The Kier molecular flexibility index (Phi) is 4.89. The van der Waals surface area contributed by atoms with E-state index in [9.17, 15) is 0 Å². The van der Waals surface area contributed by atoms with Gasteiger partial charge in [-0.25, -0.2) is 5.53 Å². The topological polar surface area (TPSA) is 122 Å². The van der Waals surface area contributed by atoms with Crippen LogP contribution in [0.3, 0.4) is 0 Å². The number of ether oxygens (including phenoxy) is 1. The molecule has 0 radical (unpaired) electrons. The van der Waals surface area contributed by atoms with Crippen LogP contribution in [-0.4, -0.2) is 26.1 Å². The number of rotatable bonds is 5. The highest BCUT2D eigenvalue weighted by Gasteiger charge is 2.05. The molecule has 1 aromatic carbocycles. The van der Waals surface area contributed by atoms with E-state index in [1.54, 1.807) is 25.3 Å². The van der Waals surface area contributed by atoms with Crippen molar-refractivity contribution < 1.29 is 4.74 Å². The minimum Gasteiger partial charge on any atom is -0.397 e. The van der Waals surface area contributed by atoms with Crippen molar-refractivity contribution in [2.24, 2.45) is 16.1 Å². The Morgan fingerprint density at radius 2 is 2.29 bits per heavy atom. The van der Waals surface area contributed by atoms with Gasteiger partial charge in [0.05, 0.1) is 18.0 Å². The summed E-state index contributed by atoms with van der Waals surface area (Å²) in [5.41, 5.74) is 14.7. The first-order valence-electron chi connectivity index (χ1n) is 5.01. The molecule has 0 aliphatic carbocycles. The van der Waals surface area contributed by atoms with Gasteiger partial charge in [0.25, 0.3) is 0 Å². The van der Waals surface area contributed by atoms with Crippen molar-refractivity contribution in [2.45, 2.75) is 0 Å². The maximum absolute atomic E-state index is 6.93. The Bertz CT molecular complexity index is 417. The molecule has 0 amide bonds. The molecular formula is C10H16N6O. The van der Waals surface area contributed by atoms with E-state index in [0.717, 1.165) is 5.69 Å². The highest BCUT2D eigenvalue weighted by atomic mass is 16.5. The SMILES string of the molecule is COCCNc1cc(C(N=N)=NN)ccc1N. The third-order valence-corrected chi connectivity index (χ3v) is 2.16. The average Bonchev–Trinajstić information content (AvgIpc) is 2.34. The molecule has 7 nitrogen and oxygen atoms in total. The van der Waals surface area contributed by atoms with Crippen molar-refractivity contribution in [3.8, 4) is 0 Å². The van der Waals surface area contributed by atoms with E-state index in [4.69, 9.17) is 21.8 Å². The molecule has 0 aromatic heterocycles. The summed E-state index contributed by atoms with van der Waals surface area (Å²) in [6.45, 7) is 1.21. The maximum Gasteiger partial charge on any atom is 0.199 e. The summed E-state index contributed by atoms with van der Waals surface area (Å²) in [7, 11) is 1.62. The van der Waals surface area contributed by atoms with Gasteiger partial charge in [-0.3, -0.25) is 0 Å². The minimum absolute atomic E-state index is 0.153. The second-order valence-corrected chi connectivity index (χ2v) is 3.29. The van der Waals surface area contributed by atoms with Crippen LogP contribution in [0.25, 0.3) is 0 Å². The van der Waals surface area contributed by atoms with E-state index < -0.39 is 0 Å². The molecule has 0 unspecified atom stereocenters. The smallest absolute Gasteiger partial charge is 0.199 e. The first kappa shape index (κ1) is 12.9. The quantitative estimate of drug-likeness (QED) is 0.116. The Labute approximate surface area is 99.3 Å². The molecule has 17 heavy (non-hydrogen) atoms. The molecule has 0 atom stereocenters. The third kappa shape index (κ3) is 3.42. The largest absolute Gasteiger partial charge is 0.397 e. The molecule has 7 heteroatoms. The summed E-state index contributed by atoms with van der Waals surface area (Å²) >= 11 is 0. The van der Waals surface area contributed by atoms with Crippen molar-refractivity contribution >= 4 is 17.2 Å². The summed E-state index contributed by atoms with van der Waals surface area (Å²) in [5.74, 6) is 5.28. The van der Waals surface area contributed by atoms with Gasteiger partial charge in [0.2, 0.25) is 0 Å². The molecule has 0 bridgehead atoms. The van der Waals surface area contributed by atoms with E-state index >= 15 is 0 Å². The Morgan fingerprint density at radius 1 is 1.53 bits per heavy atom. The minimum atomic E-state index is 0.153. The monoisotopic (exact) mass is 236 g/mol. The highest BCUT2D eigenvalue weighted by molar-refractivity contribution is 6.00. The lowest BCUT2D eigenvalue weighted by atomic mass is 10.1. The van der Waals surface area contributed by atoms with Crippen LogP contribution in [0.5, 0.6) is 0 Å². The van der Waals surface area contributed by atoms with E-state index in [2.05, 4.69) is 15.5 Å². The fourth-order valence-electron chi connectivity index (χ4n) is 1.30. The summed E-state index contributed by atoms with van der Waals surface area (Å²) in [5, 5.41) is 9.75. The number of methoxy groups -OCH3 is 1. The van der Waals surface area contributed by atoms with Gasteiger partial charge in [0.15, 0.2) is 5.84 Å². The van der Waals surface area contributed by atoms with Crippen LogP contribution in [0.1, 0.15) is 5.56 Å². The molecule has 0 spiro atoms. The summed E-state index contributed by atoms with van der Waals surface area (Å²) in [6.07, 6.45) is 0. The fraction of sp³-hybridized carbons (Fsp3) is 0.300. The second-order valence-electron chi connectivity index (χ2n) is 3.29. The Morgan fingerprint density at radius 3 is 2.88 bits per heavy atom. The zero-order valence-corrected chi connectivity index (χ0v) is 9.60. The highest BCUT2D eigenvalue weighted by Crippen LogP contribution is 2.20. The molecule has 92 valence electrons. The van der Waals surface area contributed by atoms with E-state index in [1.165, 1.54) is 0 Å². The van der Waals surface area contributed by atoms with Crippen LogP contribution in [0, 0.1) is 5.53 Å².